The number of aryl methyl sites for hydroxylation is 1. The van der Waals surface area contributed by atoms with E-state index in [1.54, 1.807) is 6.07 Å². The first-order valence-corrected chi connectivity index (χ1v) is 9.44. The van der Waals surface area contributed by atoms with E-state index in [-0.39, 0.29) is 11.5 Å². The minimum absolute atomic E-state index is 0.0505. The summed E-state index contributed by atoms with van der Waals surface area (Å²) in [4.78, 5) is 4.39. The van der Waals surface area contributed by atoms with E-state index < -0.39 is 6.61 Å². The van der Waals surface area contributed by atoms with Gasteiger partial charge in [-0.15, -0.1) is 0 Å². The second-order valence-electron chi connectivity index (χ2n) is 6.76. The lowest BCUT2D eigenvalue weighted by atomic mass is 9.90. The van der Waals surface area contributed by atoms with Gasteiger partial charge >= 0.3 is 6.61 Å². The summed E-state index contributed by atoms with van der Waals surface area (Å²) < 4.78 is 39.8. The highest BCUT2D eigenvalue weighted by Crippen LogP contribution is 2.33. The summed E-state index contributed by atoms with van der Waals surface area (Å²) in [6.45, 7) is -2.53. The average molecular weight is 401 g/mol. The Balaban J connectivity index is 1.48. The number of ether oxygens (including phenoxy) is 2. The highest BCUT2D eigenvalue weighted by molar-refractivity contribution is 5.61. The van der Waals surface area contributed by atoms with Crippen molar-refractivity contribution >= 4 is 5.69 Å². The van der Waals surface area contributed by atoms with Crippen LogP contribution in [-0.2, 0) is 19.4 Å². The summed E-state index contributed by atoms with van der Waals surface area (Å²) in [5.74, 6) is 0.896. The smallest absolute Gasteiger partial charge is 0.387 e. The molecule has 0 atom stereocenters. The lowest BCUT2D eigenvalue weighted by molar-refractivity contribution is -0.0512. The Morgan fingerprint density at radius 1 is 1.14 bits per heavy atom. The number of alkyl halides is 2. The molecule has 2 aromatic carbocycles. The molecule has 0 unspecified atom stereocenters. The minimum Gasteiger partial charge on any atom is -0.493 e. The maximum atomic E-state index is 12.5. The van der Waals surface area contributed by atoms with E-state index in [1.165, 1.54) is 43.2 Å². The van der Waals surface area contributed by atoms with Crippen LogP contribution in [0.5, 0.6) is 11.5 Å². The molecule has 0 spiro atoms. The molecule has 4 rings (SSSR count). The maximum Gasteiger partial charge on any atom is 0.387 e. The van der Waals surface area contributed by atoms with E-state index >= 15 is 0 Å². The van der Waals surface area contributed by atoms with E-state index in [9.17, 15) is 8.78 Å². The van der Waals surface area contributed by atoms with Crippen molar-refractivity contribution in [3.63, 3.8) is 0 Å². The molecular formula is C21H21F2N3O3. The molecule has 152 valence electrons. The van der Waals surface area contributed by atoms with Crippen molar-refractivity contribution in [1.29, 1.82) is 0 Å². The van der Waals surface area contributed by atoms with E-state index in [2.05, 4.69) is 38.4 Å². The quantitative estimate of drug-likeness (QED) is 0.611. The predicted octanol–water partition coefficient (Wildman–Crippen LogP) is 4.84. The number of aromatic nitrogens is 2. The van der Waals surface area contributed by atoms with Crippen LogP contribution in [0.15, 0.2) is 40.9 Å². The maximum absolute atomic E-state index is 12.5. The molecule has 1 N–H and O–H groups in total. The number of rotatable bonds is 7. The third kappa shape index (κ3) is 4.31. The number of nitrogens with one attached hydrogen (secondary N) is 1. The zero-order valence-corrected chi connectivity index (χ0v) is 16.0. The molecule has 29 heavy (non-hydrogen) atoms. The van der Waals surface area contributed by atoms with Crippen LogP contribution in [0, 0.1) is 0 Å². The standard InChI is InChI=1S/C21H21F2N3O3/c1-27-18-11-14(9-10-17(18)28-21(22)23)20-25-19(29-26-20)12-24-16-8-4-6-13-5-2-3-7-15(13)16/h4,6,8-11,21,24H,2-3,5,7,12H2,1H3. The molecular weight excluding hydrogens is 380 g/mol. The predicted molar refractivity (Wildman–Crippen MR) is 103 cm³/mol. The van der Waals surface area contributed by atoms with E-state index in [0.29, 0.717) is 23.8 Å². The van der Waals surface area contributed by atoms with Gasteiger partial charge in [0.15, 0.2) is 11.5 Å². The van der Waals surface area contributed by atoms with Gasteiger partial charge in [-0.2, -0.15) is 13.8 Å². The fourth-order valence-corrected chi connectivity index (χ4v) is 3.56. The number of anilines is 1. The number of hydrogen-bond donors (Lipinski definition) is 1. The molecule has 1 aliphatic rings. The summed E-state index contributed by atoms with van der Waals surface area (Å²) >= 11 is 0. The van der Waals surface area contributed by atoms with Crippen LogP contribution in [0.1, 0.15) is 29.9 Å². The van der Waals surface area contributed by atoms with Crippen LogP contribution in [0.4, 0.5) is 14.5 Å². The van der Waals surface area contributed by atoms with Gasteiger partial charge in [0.05, 0.1) is 13.7 Å². The van der Waals surface area contributed by atoms with Crippen LogP contribution >= 0.6 is 0 Å². The highest BCUT2D eigenvalue weighted by Gasteiger charge is 2.16. The van der Waals surface area contributed by atoms with Crippen LogP contribution in [0.3, 0.4) is 0 Å². The van der Waals surface area contributed by atoms with Crippen molar-refractivity contribution in [2.24, 2.45) is 0 Å². The van der Waals surface area contributed by atoms with Gasteiger partial charge in [-0.3, -0.25) is 0 Å². The zero-order chi connectivity index (χ0) is 20.2. The van der Waals surface area contributed by atoms with Gasteiger partial charge in [-0.05, 0) is 61.1 Å². The highest BCUT2D eigenvalue weighted by atomic mass is 19.3. The summed E-state index contributed by atoms with van der Waals surface area (Å²) in [5, 5.41) is 7.36. The van der Waals surface area contributed by atoms with Crippen molar-refractivity contribution in [3.05, 3.63) is 53.4 Å². The molecule has 0 amide bonds. The molecule has 1 aliphatic carbocycles. The number of benzene rings is 2. The van der Waals surface area contributed by atoms with Gasteiger partial charge in [0.2, 0.25) is 11.7 Å². The van der Waals surface area contributed by atoms with Crippen LogP contribution in [0.2, 0.25) is 0 Å². The third-order valence-electron chi connectivity index (χ3n) is 4.93. The Kier molecular flexibility index (Phi) is 5.59. The molecule has 6 nitrogen and oxygen atoms in total. The van der Waals surface area contributed by atoms with Crippen LogP contribution < -0.4 is 14.8 Å². The van der Waals surface area contributed by atoms with Gasteiger partial charge in [0, 0.05) is 11.3 Å². The van der Waals surface area contributed by atoms with Gasteiger partial charge < -0.3 is 19.3 Å². The van der Waals surface area contributed by atoms with Gasteiger partial charge in [-0.25, -0.2) is 0 Å². The van der Waals surface area contributed by atoms with Crippen molar-refractivity contribution < 1.29 is 22.8 Å². The van der Waals surface area contributed by atoms with Crippen molar-refractivity contribution in [2.75, 3.05) is 12.4 Å². The lowest BCUT2D eigenvalue weighted by Crippen LogP contribution is -2.08. The Labute approximate surface area is 166 Å². The van der Waals surface area contributed by atoms with Crippen LogP contribution in [0.25, 0.3) is 11.4 Å². The van der Waals surface area contributed by atoms with E-state index in [4.69, 9.17) is 9.26 Å². The van der Waals surface area contributed by atoms with Crippen molar-refractivity contribution in [2.45, 2.75) is 38.8 Å². The van der Waals surface area contributed by atoms with Gasteiger partial charge in [0.1, 0.15) is 0 Å². The summed E-state index contributed by atoms with van der Waals surface area (Å²) in [7, 11) is 1.38. The van der Waals surface area contributed by atoms with Crippen molar-refractivity contribution in [1.82, 2.24) is 10.1 Å². The first kappa shape index (κ1) is 19.2. The SMILES string of the molecule is COc1cc(-c2noc(CNc3cccc4c3CCCC4)n2)ccc1OC(F)F. The first-order chi connectivity index (χ1) is 14.1. The molecule has 0 radical (unpaired) electrons. The zero-order valence-electron chi connectivity index (χ0n) is 16.0. The Hall–Kier alpha value is -3.16. The second kappa shape index (κ2) is 8.46. The summed E-state index contributed by atoms with van der Waals surface area (Å²) in [5.41, 5.74) is 4.43. The van der Waals surface area contributed by atoms with E-state index in [0.717, 1.165) is 18.5 Å². The third-order valence-corrected chi connectivity index (χ3v) is 4.93. The lowest BCUT2D eigenvalue weighted by Gasteiger charge is -2.19. The number of halogens is 2. The molecule has 3 aromatic rings. The normalized spacial score (nSPS) is 13.2. The molecule has 0 saturated carbocycles. The topological polar surface area (TPSA) is 69.4 Å². The number of methoxy groups -OCH3 is 1. The first-order valence-electron chi connectivity index (χ1n) is 9.44. The van der Waals surface area contributed by atoms with Gasteiger partial charge in [-0.1, -0.05) is 17.3 Å². The Bertz CT molecular complexity index is 991. The minimum atomic E-state index is -2.93. The fraction of sp³-hybridized carbons (Fsp3) is 0.333. The fourth-order valence-electron chi connectivity index (χ4n) is 3.56. The number of fused-ring (bicyclic) bond motifs is 1. The monoisotopic (exact) mass is 401 g/mol. The molecule has 0 bridgehead atoms. The second-order valence-corrected chi connectivity index (χ2v) is 6.76. The number of hydrogen-bond acceptors (Lipinski definition) is 6. The largest absolute Gasteiger partial charge is 0.493 e. The Morgan fingerprint density at radius 2 is 2.00 bits per heavy atom. The van der Waals surface area contributed by atoms with Crippen LogP contribution in [-0.4, -0.2) is 23.9 Å². The van der Waals surface area contributed by atoms with Gasteiger partial charge in [0.25, 0.3) is 0 Å². The summed E-state index contributed by atoms with van der Waals surface area (Å²) in [6.07, 6.45) is 4.61. The van der Waals surface area contributed by atoms with Crippen molar-refractivity contribution in [3.8, 4) is 22.9 Å². The Morgan fingerprint density at radius 3 is 2.83 bits per heavy atom. The molecule has 0 fully saturated rings. The van der Waals surface area contributed by atoms with E-state index in [1.807, 2.05) is 0 Å². The number of nitrogens with zero attached hydrogens (tertiary/aromatic N) is 2. The summed E-state index contributed by atoms with van der Waals surface area (Å²) in [6, 6.07) is 10.8. The average Bonchev–Trinajstić information content (AvgIpc) is 3.21. The molecule has 1 heterocycles. The molecule has 0 aliphatic heterocycles. The molecule has 1 aromatic heterocycles. The molecule has 8 heteroatoms. The molecule has 0 saturated heterocycles.